The molecule has 0 saturated heterocycles. The van der Waals surface area contributed by atoms with Crippen LogP contribution in [0.1, 0.15) is 15.9 Å². The van der Waals surface area contributed by atoms with Crippen molar-refractivity contribution in [2.45, 2.75) is 6.92 Å². The highest BCUT2D eigenvalue weighted by Crippen LogP contribution is 2.30. The fourth-order valence-corrected chi connectivity index (χ4v) is 2.42. The summed E-state index contributed by atoms with van der Waals surface area (Å²) in [4.78, 5) is 15.6. The minimum Gasteiger partial charge on any atom is -0.478 e. The lowest BCUT2D eigenvalue weighted by Crippen LogP contribution is -1.95. The molecule has 20 heavy (non-hydrogen) atoms. The highest BCUT2D eigenvalue weighted by molar-refractivity contribution is 9.10. The number of hydrogen-bond donors (Lipinski definition) is 1. The van der Waals surface area contributed by atoms with Gasteiger partial charge < -0.3 is 9.52 Å². The number of benzene rings is 2. The lowest BCUT2D eigenvalue weighted by Gasteiger charge is -2.01. The lowest BCUT2D eigenvalue weighted by atomic mass is 10.1. The third kappa shape index (κ3) is 2.10. The molecule has 3 rings (SSSR count). The number of carbonyl (C=O) groups is 1. The molecular weight excluding hydrogens is 322 g/mol. The van der Waals surface area contributed by atoms with E-state index in [0.717, 1.165) is 15.6 Å². The summed E-state index contributed by atoms with van der Waals surface area (Å²) in [7, 11) is 0. The Hall–Kier alpha value is -2.14. The monoisotopic (exact) mass is 331 g/mol. The van der Waals surface area contributed by atoms with Crippen LogP contribution < -0.4 is 0 Å². The van der Waals surface area contributed by atoms with Gasteiger partial charge in [-0.15, -0.1) is 0 Å². The van der Waals surface area contributed by atoms with Gasteiger partial charge in [0.05, 0.1) is 0 Å². The number of carboxylic acid groups (broad SMARTS) is 1. The first-order valence-electron chi connectivity index (χ1n) is 5.95. The molecule has 1 heterocycles. The number of para-hydroxylation sites is 1. The summed E-state index contributed by atoms with van der Waals surface area (Å²) in [6.07, 6.45) is 0. The molecule has 3 aromatic rings. The number of aromatic nitrogens is 1. The second-order valence-electron chi connectivity index (χ2n) is 4.44. The van der Waals surface area contributed by atoms with Crippen molar-refractivity contribution in [3.63, 3.8) is 0 Å². The van der Waals surface area contributed by atoms with Gasteiger partial charge in [0.15, 0.2) is 5.58 Å². The Bertz CT molecular complexity index is 823. The summed E-state index contributed by atoms with van der Waals surface area (Å²) < 4.78 is 6.59. The highest BCUT2D eigenvalue weighted by Gasteiger charge is 2.16. The van der Waals surface area contributed by atoms with Crippen LogP contribution in [0.15, 0.2) is 45.3 Å². The van der Waals surface area contributed by atoms with E-state index in [0.29, 0.717) is 17.0 Å². The van der Waals surface area contributed by atoms with Gasteiger partial charge in [-0.25, -0.2) is 9.78 Å². The van der Waals surface area contributed by atoms with Crippen LogP contribution in [0.5, 0.6) is 0 Å². The maximum absolute atomic E-state index is 11.2. The lowest BCUT2D eigenvalue weighted by molar-refractivity contribution is 0.0698. The molecule has 5 heteroatoms. The van der Waals surface area contributed by atoms with Crippen molar-refractivity contribution < 1.29 is 14.3 Å². The zero-order valence-corrected chi connectivity index (χ0v) is 12.1. The van der Waals surface area contributed by atoms with E-state index in [1.54, 1.807) is 12.1 Å². The van der Waals surface area contributed by atoms with E-state index >= 15 is 0 Å². The molecule has 1 aromatic heterocycles. The van der Waals surface area contributed by atoms with E-state index in [9.17, 15) is 4.79 Å². The van der Waals surface area contributed by atoms with Gasteiger partial charge >= 0.3 is 5.97 Å². The van der Waals surface area contributed by atoms with E-state index in [-0.39, 0.29) is 5.56 Å². The Labute approximate surface area is 123 Å². The van der Waals surface area contributed by atoms with Crippen LogP contribution in [0.2, 0.25) is 0 Å². The highest BCUT2D eigenvalue weighted by atomic mass is 79.9. The van der Waals surface area contributed by atoms with Crippen LogP contribution in [0.25, 0.3) is 22.6 Å². The zero-order valence-electron chi connectivity index (χ0n) is 10.6. The molecule has 100 valence electrons. The first-order chi connectivity index (χ1) is 9.56. The number of halogens is 1. The number of nitrogens with zero attached hydrogens (tertiary/aromatic N) is 1. The molecule has 0 saturated carbocycles. The minimum atomic E-state index is -1.02. The van der Waals surface area contributed by atoms with E-state index < -0.39 is 5.97 Å². The summed E-state index contributed by atoms with van der Waals surface area (Å²) >= 11 is 3.41. The molecule has 2 aromatic carbocycles. The van der Waals surface area contributed by atoms with Gasteiger partial charge in [-0.2, -0.15) is 0 Å². The van der Waals surface area contributed by atoms with Gasteiger partial charge in [-0.3, -0.25) is 0 Å². The molecule has 1 N–H and O–H groups in total. The number of hydrogen-bond acceptors (Lipinski definition) is 3. The molecule has 0 aliphatic rings. The molecule has 4 nitrogen and oxygen atoms in total. The summed E-state index contributed by atoms with van der Waals surface area (Å²) in [5.74, 6) is -0.600. The van der Waals surface area contributed by atoms with Gasteiger partial charge in [-0.1, -0.05) is 28.1 Å². The fraction of sp³-hybridized carbons (Fsp3) is 0.0667. The van der Waals surface area contributed by atoms with Gasteiger partial charge in [0.25, 0.3) is 0 Å². The maximum Gasteiger partial charge on any atom is 0.339 e. The van der Waals surface area contributed by atoms with Crippen LogP contribution in [0.3, 0.4) is 0 Å². The van der Waals surface area contributed by atoms with Gasteiger partial charge in [0.2, 0.25) is 5.89 Å². The van der Waals surface area contributed by atoms with Crippen molar-refractivity contribution in [2.75, 3.05) is 0 Å². The third-order valence-electron chi connectivity index (χ3n) is 3.08. The predicted molar refractivity (Wildman–Crippen MR) is 78.8 cm³/mol. The van der Waals surface area contributed by atoms with Crippen molar-refractivity contribution in [1.82, 2.24) is 4.98 Å². The molecule has 0 atom stereocenters. The maximum atomic E-state index is 11.2. The Balaban J connectivity index is 2.26. The topological polar surface area (TPSA) is 63.3 Å². The van der Waals surface area contributed by atoms with Crippen molar-refractivity contribution in [2.24, 2.45) is 0 Å². The van der Waals surface area contributed by atoms with Crippen LogP contribution in [0.4, 0.5) is 0 Å². The number of carboxylic acids is 1. The van der Waals surface area contributed by atoms with E-state index in [1.807, 2.05) is 25.1 Å². The molecular formula is C15H10BrNO3. The van der Waals surface area contributed by atoms with Crippen LogP contribution >= 0.6 is 15.9 Å². The Morgan fingerprint density at radius 2 is 2.10 bits per heavy atom. The van der Waals surface area contributed by atoms with E-state index in [4.69, 9.17) is 9.52 Å². The Kier molecular flexibility index (Phi) is 3.06. The van der Waals surface area contributed by atoms with Crippen molar-refractivity contribution in [3.8, 4) is 11.5 Å². The van der Waals surface area contributed by atoms with Crippen LogP contribution in [-0.2, 0) is 0 Å². The third-order valence-corrected chi connectivity index (χ3v) is 3.57. The number of aromatic carboxylic acids is 1. The van der Waals surface area contributed by atoms with Crippen molar-refractivity contribution >= 4 is 33.0 Å². The summed E-state index contributed by atoms with van der Waals surface area (Å²) in [5.41, 5.74) is 2.81. The quantitative estimate of drug-likeness (QED) is 0.761. The van der Waals surface area contributed by atoms with Gasteiger partial charge in [0, 0.05) is 10.0 Å². The van der Waals surface area contributed by atoms with Crippen molar-refractivity contribution in [3.05, 3.63) is 52.0 Å². The standard InChI is InChI=1S/C15H10BrNO3/c1-8-5-6-9(16)7-11(8)14-17-12-4-2-3-10(15(18)19)13(12)20-14/h2-7H,1H3,(H,18,19). The van der Waals surface area contributed by atoms with Crippen LogP contribution in [0, 0.1) is 6.92 Å². The summed E-state index contributed by atoms with van der Waals surface area (Å²) in [5, 5.41) is 9.17. The van der Waals surface area contributed by atoms with Crippen molar-refractivity contribution in [1.29, 1.82) is 0 Å². The Morgan fingerprint density at radius 3 is 2.85 bits per heavy atom. The second kappa shape index (κ2) is 4.76. The molecule has 0 amide bonds. The first-order valence-corrected chi connectivity index (χ1v) is 6.75. The van der Waals surface area contributed by atoms with Gasteiger partial charge in [0.1, 0.15) is 11.1 Å². The predicted octanol–water partition coefficient (Wildman–Crippen LogP) is 4.26. The molecule has 0 aliphatic heterocycles. The molecule has 0 aliphatic carbocycles. The summed E-state index contributed by atoms with van der Waals surface area (Å²) in [6.45, 7) is 1.95. The minimum absolute atomic E-state index is 0.119. The average molecular weight is 332 g/mol. The molecule has 0 unspecified atom stereocenters. The average Bonchev–Trinajstić information content (AvgIpc) is 2.84. The Morgan fingerprint density at radius 1 is 1.30 bits per heavy atom. The molecule has 0 spiro atoms. The largest absolute Gasteiger partial charge is 0.478 e. The fourth-order valence-electron chi connectivity index (χ4n) is 2.06. The van der Waals surface area contributed by atoms with E-state index in [1.165, 1.54) is 6.07 Å². The SMILES string of the molecule is Cc1ccc(Br)cc1-c1nc2cccc(C(=O)O)c2o1. The number of oxazole rings is 1. The molecule has 0 fully saturated rings. The summed E-state index contributed by atoms with van der Waals surface area (Å²) in [6, 6.07) is 10.7. The first kappa shape index (κ1) is 12.9. The number of aryl methyl sites for hydroxylation is 1. The number of rotatable bonds is 2. The normalized spacial score (nSPS) is 10.9. The van der Waals surface area contributed by atoms with E-state index in [2.05, 4.69) is 20.9 Å². The second-order valence-corrected chi connectivity index (χ2v) is 5.35. The smallest absolute Gasteiger partial charge is 0.339 e. The zero-order chi connectivity index (χ0) is 14.3. The molecule has 0 radical (unpaired) electrons. The number of fused-ring (bicyclic) bond motifs is 1. The van der Waals surface area contributed by atoms with Crippen LogP contribution in [-0.4, -0.2) is 16.1 Å². The van der Waals surface area contributed by atoms with Gasteiger partial charge in [-0.05, 0) is 36.8 Å². The molecule has 0 bridgehead atoms.